The van der Waals surface area contributed by atoms with Crippen LogP contribution in [0.5, 0.6) is 0 Å². The van der Waals surface area contributed by atoms with Gasteiger partial charge in [0.1, 0.15) is 0 Å². The van der Waals surface area contributed by atoms with Gasteiger partial charge in [0, 0.05) is 0 Å². The van der Waals surface area contributed by atoms with Gasteiger partial charge in [0.15, 0.2) is 0 Å². The molecule has 0 aromatic heterocycles. The molecular formula is C12H28ClN2Sb. The predicted octanol–water partition coefficient (Wildman–Crippen LogP) is 3.45. The summed E-state index contributed by atoms with van der Waals surface area (Å²) >= 11 is -2.00. The minimum absolute atomic E-state index is 0.542. The van der Waals surface area contributed by atoms with E-state index in [2.05, 4.69) is 61.5 Å². The van der Waals surface area contributed by atoms with Crippen LogP contribution in [0.15, 0.2) is 0 Å². The fraction of sp³-hybridized carbons (Fsp3) is 1.00. The van der Waals surface area contributed by atoms with Crippen LogP contribution in [-0.4, -0.2) is 49.9 Å². The summed E-state index contributed by atoms with van der Waals surface area (Å²) in [7, 11) is 6.83. The van der Waals surface area contributed by atoms with Crippen LogP contribution in [0.2, 0.25) is 0 Å². The van der Waals surface area contributed by atoms with Crippen LogP contribution < -0.4 is 0 Å². The zero-order valence-corrected chi connectivity index (χ0v) is 15.3. The van der Waals surface area contributed by atoms with E-state index in [4.69, 9.17) is 8.83 Å². The average Bonchev–Trinajstić information content (AvgIpc) is 1.99. The van der Waals surface area contributed by atoms with E-state index >= 15 is 0 Å². The van der Waals surface area contributed by atoms with E-state index in [1.807, 2.05) is 0 Å². The Kier molecular flexibility index (Phi) is 7.94. The molecule has 4 heteroatoms. The molecule has 0 rings (SSSR count). The van der Waals surface area contributed by atoms with Gasteiger partial charge >= 0.3 is 114 Å². The van der Waals surface area contributed by atoms with Crippen molar-refractivity contribution in [1.82, 2.24) is 6.12 Å². The van der Waals surface area contributed by atoms with E-state index in [1.165, 1.54) is 0 Å². The molecule has 0 spiro atoms. The second-order valence-electron chi connectivity index (χ2n) is 5.38. The van der Waals surface area contributed by atoms with Gasteiger partial charge < -0.3 is 0 Å². The third-order valence-corrected chi connectivity index (χ3v) is 12.3. The first-order valence-corrected chi connectivity index (χ1v) is 11.7. The molecule has 0 N–H and O–H groups in total. The summed E-state index contributed by atoms with van der Waals surface area (Å²) in [5, 5.41) is 0. The number of hydrogen-bond donors (Lipinski definition) is 0. The number of nitrogens with zero attached hydrogens (tertiary/aromatic N) is 2. The van der Waals surface area contributed by atoms with Crippen molar-refractivity contribution in [3.8, 4) is 0 Å². The van der Waals surface area contributed by atoms with E-state index in [9.17, 15) is 0 Å². The van der Waals surface area contributed by atoms with Gasteiger partial charge in [0.05, 0.1) is 0 Å². The van der Waals surface area contributed by atoms with Gasteiger partial charge in [-0.15, -0.1) is 0 Å². The standard InChI is InChI=1S/2C6H14N.ClH.Sb/c2*1-5(2)7-6(3)4;;/h2*5-6H,1-4H3;1H;/q2*-1;;+3/p-1. The second kappa shape index (κ2) is 7.46. The molecule has 0 fully saturated rings. The molecule has 0 heterocycles. The molecule has 2 nitrogen and oxygen atoms in total. The molecule has 0 aliphatic heterocycles. The molecule has 0 atom stereocenters. The molecular weight excluding hydrogens is 329 g/mol. The molecule has 0 aliphatic rings. The molecule has 0 aromatic rings. The molecule has 16 heavy (non-hydrogen) atoms. The fourth-order valence-electron chi connectivity index (χ4n) is 2.07. The summed E-state index contributed by atoms with van der Waals surface area (Å²) in [4.78, 5) is 0. The van der Waals surface area contributed by atoms with Crippen LogP contribution in [0.3, 0.4) is 0 Å². The van der Waals surface area contributed by atoms with Gasteiger partial charge in [-0.3, -0.25) is 0 Å². The van der Waals surface area contributed by atoms with Crippen molar-refractivity contribution in [2.75, 3.05) is 0 Å². The quantitative estimate of drug-likeness (QED) is 0.672. The Morgan fingerprint density at radius 2 is 0.812 bits per heavy atom. The van der Waals surface area contributed by atoms with Gasteiger partial charge in [-0.05, 0) is 0 Å². The molecule has 0 amide bonds. The third kappa shape index (κ3) is 4.72. The number of halogens is 1. The summed E-state index contributed by atoms with van der Waals surface area (Å²) in [6.45, 7) is 18.0. The Balaban J connectivity index is 4.88. The first-order chi connectivity index (χ1) is 7.20. The molecule has 0 radical (unpaired) electrons. The molecule has 0 bridgehead atoms. The van der Waals surface area contributed by atoms with E-state index < -0.39 is 19.6 Å². The Morgan fingerprint density at radius 1 is 0.625 bits per heavy atom. The summed E-state index contributed by atoms with van der Waals surface area (Å²) in [6, 6.07) is 2.17. The van der Waals surface area contributed by atoms with E-state index in [0.717, 1.165) is 0 Å². The third-order valence-electron chi connectivity index (χ3n) is 2.50. The van der Waals surface area contributed by atoms with Crippen molar-refractivity contribution in [1.29, 1.82) is 0 Å². The van der Waals surface area contributed by atoms with Crippen molar-refractivity contribution in [2.45, 2.75) is 79.6 Å². The maximum atomic E-state index is 6.83. The Hall–Kier alpha value is 1.03. The van der Waals surface area contributed by atoms with Crippen molar-refractivity contribution >= 4 is 28.5 Å². The summed E-state index contributed by atoms with van der Waals surface area (Å²) in [5.41, 5.74) is 0. The molecule has 0 saturated heterocycles. The Labute approximate surface area is 114 Å². The second-order valence-corrected chi connectivity index (χ2v) is 11.4. The Bertz CT molecular complexity index is 159. The van der Waals surface area contributed by atoms with Crippen LogP contribution in [-0.2, 0) is 0 Å². The van der Waals surface area contributed by atoms with Gasteiger partial charge in [-0.2, -0.15) is 0 Å². The van der Waals surface area contributed by atoms with Crippen LogP contribution in [0.1, 0.15) is 55.4 Å². The fourth-order valence-corrected chi connectivity index (χ4v) is 11.8. The van der Waals surface area contributed by atoms with Gasteiger partial charge in [0.25, 0.3) is 0 Å². The first-order valence-electron chi connectivity index (χ1n) is 6.22. The topological polar surface area (TPSA) is 6.48 Å². The van der Waals surface area contributed by atoms with Gasteiger partial charge in [-0.1, -0.05) is 0 Å². The molecule has 0 unspecified atom stereocenters. The number of hydrogen-bond acceptors (Lipinski definition) is 2. The normalized spacial score (nSPS) is 13.5. The van der Waals surface area contributed by atoms with Crippen LogP contribution in [0.25, 0.3) is 0 Å². The van der Waals surface area contributed by atoms with Crippen molar-refractivity contribution < 1.29 is 0 Å². The maximum absolute atomic E-state index is 6.83. The van der Waals surface area contributed by atoms with Crippen LogP contribution in [0, 0.1) is 0 Å². The summed E-state index contributed by atoms with van der Waals surface area (Å²) in [5.74, 6) is 0. The van der Waals surface area contributed by atoms with Crippen LogP contribution >= 0.6 is 8.83 Å². The van der Waals surface area contributed by atoms with Crippen LogP contribution in [0.4, 0.5) is 0 Å². The van der Waals surface area contributed by atoms with Crippen molar-refractivity contribution in [2.24, 2.45) is 0 Å². The number of rotatable bonds is 6. The summed E-state index contributed by atoms with van der Waals surface area (Å²) < 4.78 is 5.06. The SMILES string of the molecule is CC(C)[N](C(C)C)[Sb]([Cl])[N](C(C)C)C(C)C. The van der Waals surface area contributed by atoms with Crippen molar-refractivity contribution in [3.05, 3.63) is 0 Å². The molecule has 0 aliphatic carbocycles. The Morgan fingerprint density at radius 3 is 0.938 bits per heavy atom. The zero-order chi connectivity index (χ0) is 13.0. The van der Waals surface area contributed by atoms with E-state index in [0.29, 0.717) is 24.2 Å². The zero-order valence-electron chi connectivity index (χ0n) is 12.0. The van der Waals surface area contributed by atoms with Crippen molar-refractivity contribution in [3.63, 3.8) is 0 Å². The first kappa shape index (κ1) is 17.0. The van der Waals surface area contributed by atoms with E-state index in [1.54, 1.807) is 0 Å². The monoisotopic (exact) mass is 356 g/mol. The predicted molar refractivity (Wildman–Crippen MR) is 75.8 cm³/mol. The molecule has 98 valence electrons. The minimum atomic E-state index is -2.00. The van der Waals surface area contributed by atoms with Gasteiger partial charge in [-0.25, -0.2) is 0 Å². The molecule has 0 aromatic carbocycles. The average molecular weight is 358 g/mol. The van der Waals surface area contributed by atoms with Gasteiger partial charge in [0.2, 0.25) is 0 Å². The molecule has 0 saturated carbocycles. The van der Waals surface area contributed by atoms with E-state index in [-0.39, 0.29) is 0 Å². The summed E-state index contributed by atoms with van der Waals surface area (Å²) in [6.07, 6.45) is 0.